The standard InChI is InChI=1S/C29H33N5O5.C2HF3O2/c1-18(17-36-2)39-25-14-13-21(16-26(25)38-4)22(15-19-9-11-20(12-10-19)27(30)31)28-32-29(35)34(33-28)23-7-5-6-8-24(23)37-3;3-2(4,5)1(6)7/h5-14,16,18,22H,15,17H2,1-4H3,(H3,30,31)(H,32,33,35);(H,6,7). The molecule has 0 aliphatic rings. The van der Waals surface area contributed by atoms with Crippen molar-refractivity contribution < 1.29 is 42.0 Å². The van der Waals surface area contributed by atoms with E-state index in [1.807, 2.05) is 49.4 Å². The molecule has 0 bridgehead atoms. The molecule has 0 aliphatic heterocycles. The van der Waals surface area contributed by atoms with Crippen LogP contribution < -0.4 is 25.6 Å². The van der Waals surface area contributed by atoms with Crippen LogP contribution in [0.4, 0.5) is 13.2 Å². The number of carboxylic acids is 1. The number of amidine groups is 1. The molecule has 1 aromatic heterocycles. The number of carboxylic acid groups (broad SMARTS) is 1. The molecule has 3 aromatic carbocycles. The minimum Gasteiger partial charge on any atom is -0.494 e. The van der Waals surface area contributed by atoms with Gasteiger partial charge in [-0.2, -0.15) is 17.9 Å². The van der Waals surface area contributed by atoms with Crippen molar-refractivity contribution in [3.8, 4) is 22.9 Å². The number of halogens is 3. The second-order valence-electron chi connectivity index (χ2n) is 9.86. The van der Waals surface area contributed by atoms with Gasteiger partial charge in [0.1, 0.15) is 29.2 Å². The molecule has 0 saturated heterocycles. The highest BCUT2D eigenvalue weighted by Crippen LogP contribution is 2.35. The first-order valence-corrected chi connectivity index (χ1v) is 13.7. The quantitative estimate of drug-likeness (QED) is 0.129. The van der Waals surface area contributed by atoms with E-state index in [4.69, 9.17) is 40.0 Å². The number of hydrogen-bond acceptors (Lipinski definition) is 8. The average Bonchev–Trinajstić information content (AvgIpc) is 3.41. The summed E-state index contributed by atoms with van der Waals surface area (Å²) < 4.78 is 55.3. The van der Waals surface area contributed by atoms with E-state index in [9.17, 15) is 18.0 Å². The Morgan fingerprint density at radius 3 is 2.22 bits per heavy atom. The summed E-state index contributed by atoms with van der Waals surface area (Å²) in [4.78, 5) is 24.9. The fourth-order valence-corrected chi connectivity index (χ4v) is 4.38. The van der Waals surface area contributed by atoms with Gasteiger partial charge in [0, 0.05) is 18.6 Å². The molecular formula is C31H34F3N5O7. The van der Waals surface area contributed by atoms with Crippen LogP contribution in [-0.4, -0.2) is 71.9 Å². The highest BCUT2D eigenvalue weighted by atomic mass is 19.4. The number of ether oxygens (including phenoxy) is 4. The number of hydrogen-bond donors (Lipinski definition) is 4. The van der Waals surface area contributed by atoms with E-state index in [1.54, 1.807) is 45.6 Å². The van der Waals surface area contributed by atoms with E-state index in [-0.39, 0.29) is 23.5 Å². The number of rotatable bonds is 12. The minimum absolute atomic E-state index is 0.000933. The Morgan fingerprint density at radius 1 is 1.02 bits per heavy atom. The van der Waals surface area contributed by atoms with Gasteiger partial charge in [0.15, 0.2) is 11.5 Å². The Kier molecular flexibility index (Phi) is 11.9. The maximum Gasteiger partial charge on any atom is 0.490 e. The van der Waals surface area contributed by atoms with Crippen LogP contribution in [0.1, 0.15) is 35.4 Å². The Hall–Kier alpha value is -5.31. The van der Waals surface area contributed by atoms with Crippen molar-refractivity contribution in [2.24, 2.45) is 5.73 Å². The van der Waals surface area contributed by atoms with Crippen LogP contribution in [0.3, 0.4) is 0 Å². The number of alkyl halides is 3. The van der Waals surface area contributed by atoms with Gasteiger partial charge in [-0.15, -0.1) is 5.10 Å². The zero-order valence-electron chi connectivity index (χ0n) is 25.4. The van der Waals surface area contributed by atoms with Crippen LogP contribution in [-0.2, 0) is 16.0 Å². The van der Waals surface area contributed by atoms with Crippen LogP contribution in [0.5, 0.6) is 17.2 Å². The Balaban J connectivity index is 0.000000738. The first-order valence-electron chi connectivity index (χ1n) is 13.7. The van der Waals surface area contributed by atoms with Crippen molar-refractivity contribution in [2.75, 3.05) is 27.9 Å². The highest BCUT2D eigenvalue weighted by Gasteiger charge is 2.38. The fourth-order valence-electron chi connectivity index (χ4n) is 4.38. The molecule has 46 heavy (non-hydrogen) atoms. The van der Waals surface area contributed by atoms with E-state index in [0.717, 1.165) is 11.1 Å². The first-order chi connectivity index (χ1) is 21.8. The number of nitrogens with two attached hydrogens (primary N) is 1. The lowest BCUT2D eigenvalue weighted by molar-refractivity contribution is -0.192. The summed E-state index contributed by atoms with van der Waals surface area (Å²) >= 11 is 0. The molecule has 2 atom stereocenters. The fraction of sp³-hybridized carbons (Fsp3) is 0.290. The third-order valence-corrected chi connectivity index (χ3v) is 6.55. The second kappa shape index (κ2) is 15.6. The van der Waals surface area contributed by atoms with Crippen molar-refractivity contribution in [2.45, 2.75) is 31.5 Å². The summed E-state index contributed by atoms with van der Waals surface area (Å²) in [5.74, 6) is -0.945. The predicted molar refractivity (Wildman–Crippen MR) is 162 cm³/mol. The van der Waals surface area contributed by atoms with E-state index in [0.29, 0.717) is 47.4 Å². The predicted octanol–water partition coefficient (Wildman–Crippen LogP) is 4.28. The highest BCUT2D eigenvalue weighted by molar-refractivity contribution is 5.94. The molecule has 4 aromatic rings. The summed E-state index contributed by atoms with van der Waals surface area (Å²) in [5.41, 5.74) is 8.27. The van der Waals surface area contributed by atoms with Crippen molar-refractivity contribution in [1.29, 1.82) is 5.41 Å². The van der Waals surface area contributed by atoms with Crippen LogP contribution in [0.15, 0.2) is 71.5 Å². The number of nitrogens with zero attached hydrogens (tertiary/aromatic N) is 2. The maximum absolute atomic E-state index is 13.1. The van der Waals surface area contributed by atoms with Crippen LogP contribution in [0.25, 0.3) is 5.69 Å². The SMILES string of the molecule is COCC(C)Oc1ccc(C(Cc2ccc(C(=N)N)cc2)c2nn(-c3ccccc3OC)c(=O)[nH]2)cc1OC.O=C(O)C(F)(F)F. The normalized spacial score (nSPS) is 12.3. The largest absolute Gasteiger partial charge is 0.494 e. The summed E-state index contributed by atoms with van der Waals surface area (Å²) in [6.07, 6.45) is -4.74. The Morgan fingerprint density at radius 2 is 1.65 bits per heavy atom. The summed E-state index contributed by atoms with van der Waals surface area (Å²) in [7, 11) is 4.76. The van der Waals surface area contributed by atoms with Gasteiger partial charge in [-0.25, -0.2) is 9.59 Å². The summed E-state index contributed by atoms with van der Waals surface area (Å²) in [6.45, 7) is 2.35. The Labute approximate surface area is 262 Å². The molecule has 15 heteroatoms. The number of methoxy groups -OCH3 is 3. The van der Waals surface area contributed by atoms with Gasteiger partial charge in [0.05, 0.1) is 20.8 Å². The molecule has 4 rings (SSSR count). The smallest absolute Gasteiger partial charge is 0.490 e. The van der Waals surface area contributed by atoms with E-state index < -0.39 is 12.1 Å². The van der Waals surface area contributed by atoms with Gasteiger partial charge in [0.25, 0.3) is 0 Å². The Bertz CT molecular complexity index is 1690. The number of benzene rings is 3. The number of carbonyl (C=O) groups is 1. The monoisotopic (exact) mass is 645 g/mol. The third kappa shape index (κ3) is 9.11. The number of nitrogens with one attached hydrogen (secondary N) is 2. The zero-order valence-corrected chi connectivity index (χ0v) is 25.4. The number of H-pyrrole nitrogens is 1. The van der Waals surface area contributed by atoms with Crippen LogP contribution in [0.2, 0.25) is 0 Å². The number of aliphatic carboxylic acids is 1. The lowest BCUT2D eigenvalue weighted by Crippen LogP contribution is -2.21. The molecule has 1 heterocycles. The third-order valence-electron chi connectivity index (χ3n) is 6.55. The van der Waals surface area contributed by atoms with Gasteiger partial charge in [-0.3, -0.25) is 10.4 Å². The molecule has 0 fully saturated rings. The van der Waals surface area contributed by atoms with Gasteiger partial charge >= 0.3 is 17.8 Å². The number of nitrogen functional groups attached to an aromatic ring is 1. The second-order valence-corrected chi connectivity index (χ2v) is 9.86. The van der Waals surface area contributed by atoms with Gasteiger partial charge in [-0.05, 0) is 48.7 Å². The lowest BCUT2D eigenvalue weighted by atomic mass is 9.90. The molecular weight excluding hydrogens is 611 g/mol. The molecule has 0 amide bonds. The van der Waals surface area contributed by atoms with Crippen molar-refractivity contribution >= 4 is 11.8 Å². The first kappa shape index (κ1) is 35.2. The van der Waals surface area contributed by atoms with E-state index >= 15 is 0 Å². The average molecular weight is 646 g/mol. The van der Waals surface area contributed by atoms with Gasteiger partial charge in [0.2, 0.25) is 0 Å². The molecule has 0 saturated carbocycles. The molecule has 0 radical (unpaired) electrons. The minimum atomic E-state index is -5.08. The van der Waals surface area contributed by atoms with Gasteiger partial charge in [-0.1, -0.05) is 42.5 Å². The summed E-state index contributed by atoms with van der Waals surface area (Å²) in [6, 6.07) is 20.3. The molecule has 0 aliphatic carbocycles. The van der Waals surface area contributed by atoms with Crippen molar-refractivity contribution in [3.05, 3.63) is 99.7 Å². The lowest BCUT2D eigenvalue weighted by Gasteiger charge is -2.20. The summed E-state index contributed by atoms with van der Waals surface area (Å²) in [5, 5.41) is 19.5. The molecule has 0 spiro atoms. The molecule has 246 valence electrons. The van der Waals surface area contributed by atoms with E-state index in [1.165, 1.54) is 4.68 Å². The van der Waals surface area contributed by atoms with Crippen molar-refractivity contribution in [1.82, 2.24) is 14.8 Å². The molecule has 5 N–H and O–H groups in total. The number of aromatic nitrogens is 3. The maximum atomic E-state index is 13.1. The molecule has 2 unspecified atom stereocenters. The topological polar surface area (TPSA) is 175 Å². The number of aromatic amines is 1. The number of para-hydroxylation sites is 2. The van der Waals surface area contributed by atoms with Crippen LogP contribution >= 0.6 is 0 Å². The van der Waals surface area contributed by atoms with E-state index in [2.05, 4.69) is 10.1 Å². The van der Waals surface area contributed by atoms with Crippen LogP contribution in [0, 0.1) is 5.41 Å². The van der Waals surface area contributed by atoms with Crippen molar-refractivity contribution in [3.63, 3.8) is 0 Å². The molecule has 12 nitrogen and oxygen atoms in total. The zero-order chi connectivity index (χ0) is 34.0. The van der Waals surface area contributed by atoms with Gasteiger partial charge < -0.3 is 29.8 Å².